The highest BCUT2D eigenvalue weighted by atomic mass is 16.5. The second-order valence-corrected chi connectivity index (χ2v) is 5.22. The average molecular weight is 247 g/mol. The number of ether oxygens (including phenoxy) is 2. The van der Waals surface area contributed by atoms with E-state index >= 15 is 0 Å². The van der Waals surface area contributed by atoms with Crippen molar-refractivity contribution in [3.63, 3.8) is 0 Å². The molecule has 1 aromatic carbocycles. The lowest BCUT2D eigenvalue weighted by atomic mass is 9.75. The molecular weight excluding hydrogens is 226 g/mol. The summed E-state index contributed by atoms with van der Waals surface area (Å²) in [7, 11) is 3.45. The van der Waals surface area contributed by atoms with Crippen LogP contribution in [-0.2, 0) is 6.42 Å². The van der Waals surface area contributed by atoms with Crippen LogP contribution in [0.3, 0.4) is 0 Å². The highest BCUT2D eigenvalue weighted by molar-refractivity contribution is 5.53. The number of nitrogens with one attached hydrogen (secondary N) is 1. The molecule has 0 aromatic heterocycles. The van der Waals surface area contributed by atoms with Gasteiger partial charge in [-0.3, -0.25) is 0 Å². The van der Waals surface area contributed by atoms with Crippen molar-refractivity contribution in [2.45, 2.75) is 37.6 Å². The Bertz CT molecular complexity index is 444. The van der Waals surface area contributed by atoms with Crippen molar-refractivity contribution in [1.82, 2.24) is 5.32 Å². The van der Waals surface area contributed by atoms with Gasteiger partial charge >= 0.3 is 0 Å². The zero-order valence-electron chi connectivity index (χ0n) is 11.2. The SMILES string of the molecule is COc1ccc2c(c1OC)CC[C@H]1NCCC[C@@H]21. The summed E-state index contributed by atoms with van der Waals surface area (Å²) < 4.78 is 11.0. The number of benzene rings is 1. The van der Waals surface area contributed by atoms with Crippen molar-refractivity contribution >= 4 is 0 Å². The van der Waals surface area contributed by atoms with Gasteiger partial charge in [-0.05, 0) is 49.8 Å². The first-order valence-electron chi connectivity index (χ1n) is 6.82. The Kier molecular flexibility index (Phi) is 3.16. The van der Waals surface area contributed by atoms with Crippen LogP contribution in [0.2, 0.25) is 0 Å². The van der Waals surface area contributed by atoms with E-state index in [1.165, 1.54) is 36.9 Å². The molecule has 1 fully saturated rings. The van der Waals surface area contributed by atoms with E-state index in [2.05, 4.69) is 17.4 Å². The lowest BCUT2D eigenvalue weighted by Gasteiger charge is -2.38. The molecule has 1 N–H and O–H groups in total. The fourth-order valence-electron chi connectivity index (χ4n) is 3.54. The minimum atomic E-state index is 0.655. The Labute approximate surface area is 108 Å². The lowest BCUT2D eigenvalue weighted by molar-refractivity contribution is 0.307. The third-order valence-electron chi connectivity index (χ3n) is 4.37. The van der Waals surface area contributed by atoms with Gasteiger partial charge in [0.05, 0.1) is 14.2 Å². The van der Waals surface area contributed by atoms with Gasteiger partial charge in [0.25, 0.3) is 0 Å². The summed E-state index contributed by atoms with van der Waals surface area (Å²) >= 11 is 0. The first kappa shape index (κ1) is 11.8. The van der Waals surface area contributed by atoms with E-state index < -0.39 is 0 Å². The molecule has 1 aliphatic carbocycles. The Morgan fingerprint density at radius 2 is 2.06 bits per heavy atom. The van der Waals surface area contributed by atoms with Crippen LogP contribution in [0.15, 0.2) is 12.1 Å². The summed E-state index contributed by atoms with van der Waals surface area (Å²) in [5.41, 5.74) is 2.83. The van der Waals surface area contributed by atoms with Crippen LogP contribution in [-0.4, -0.2) is 26.8 Å². The van der Waals surface area contributed by atoms with Gasteiger partial charge in [0.15, 0.2) is 11.5 Å². The summed E-state index contributed by atoms with van der Waals surface area (Å²) in [4.78, 5) is 0. The molecule has 0 saturated carbocycles. The van der Waals surface area contributed by atoms with Crippen LogP contribution in [0.5, 0.6) is 11.5 Å². The highest BCUT2D eigenvalue weighted by Crippen LogP contribution is 2.44. The van der Waals surface area contributed by atoms with Crippen molar-refractivity contribution in [2.24, 2.45) is 0 Å². The van der Waals surface area contributed by atoms with Crippen LogP contribution in [0.4, 0.5) is 0 Å². The minimum Gasteiger partial charge on any atom is -0.493 e. The zero-order chi connectivity index (χ0) is 12.5. The number of hydrogen-bond donors (Lipinski definition) is 1. The average Bonchev–Trinajstić information content (AvgIpc) is 2.45. The third-order valence-corrected chi connectivity index (χ3v) is 4.37. The summed E-state index contributed by atoms with van der Waals surface area (Å²) in [6.07, 6.45) is 4.86. The topological polar surface area (TPSA) is 30.5 Å². The lowest BCUT2D eigenvalue weighted by Crippen LogP contribution is -2.42. The molecule has 3 rings (SSSR count). The maximum Gasteiger partial charge on any atom is 0.164 e. The highest BCUT2D eigenvalue weighted by Gasteiger charge is 2.33. The smallest absolute Gasteiger partial charge is 0.164 e. The molecule has 1 saturated heterocycles. The Hall–Kier alpha value is -1.22. The molecule has 1 heterocycles. The van der Waals surface area contributed by atoms with E-state index in [4.69, 9.17) is 9.47 Å². The largest absolute Gasteiger partial charge is 0.493 e. The van der Waals surface area contributed by atoms with E-state index in [9.17, 15) is 0 Å². The van der Waals surface area contributed by atoms with Gasteiger partial charge in [-0.25, -0.2) is 0 Å². The summed E-state index contributed by atoms with van der Waals surface area (Å²) in [5, 5.41) is 3.66. The summed E-state index contributed by atoms with van der Waals surface area (Å²) in [6.45, 7) is 1.17. The molecule has 0 bridgehead atoms. The molecule has 1 aromatic rings. The molecule has 98 valence electrons. The summed E-state index contributed by atoms with van der Waals surface area (Å²) in [5.74, 6) is 2.46. The number of piperidine rings is 1. The second-order valence-electron chi connectivity index (χ2n) is 5.22. The molecule has 2 atom stereocenters. The molecule has 0 radical (unpaired) electrons. The van der Waals surface area contributed by atoms with Crippen LogP contribution >= 0.6 is 0 Å². The van der Waals surface area contributed by atoms with Crippen molar-refractivity contribution in [3.05, 3.63) is 23.3 Å². The quantitative estimate of drug-likeness (QED) is 0.871. The maximum absolute atomic E-state index is 5.57. The molecule has 18 heavy (non-hydrogen) atoms. The monoisotopic (exact) mass is 247 g/mol. The fourth-order valence-corrected chi connectivity index (χ4v) is 3.54. The summed E-state index contributed by atoms with van der Waals surface area (Å²) in [6, 6.07) is 4.94. The number of hydrogen-bond acceptors (Lipinski definition) is 3. The van der Waals surface area contributed by atoms with Crippen molar-refractivity contribution in [2.75, 3.05) is 20.8 Å². The number of methoxy groups -OCH3 is 2. The number of rotatable bonds is 2. The van der Waals surface area contributed by atoms with Crippen LogP contribution in [0.25, 0.3) is 0 Å². The molecule has 1 aliphatic heterocycles. The van der Waals surface area contributed by atoms with Gasteiger partial charge in [-0.15, -0.1) is 0 Å². The van der Waals surface area contributed by atoms with Crippen molar-refractivity contribution in [1.29, 1.82) is 0 Å². The molecule has 3 heteroatoms. The van der Waals surface area contributed by atoms with E-state index in [1.807, 2.05) is 0 Å². The van der Waals surface area contributed by atoms with E-state index in [-0.39, 0.29) is 0 Å². The molecule has 0 spiro atoms. The van der Waals surface area contributed by atoms with Crippen LogP contribution in [0, 0.1) is 0 Å². The Morgan fingerprint density at radius 1 is 1.17 bits per heavy atom. The van der Waals surface area contributed by atoms with Crippen LogP contribution < -0.4 is 14.8 Å². The van der Waals surface area contributed by atoms with Gasteiger partial charge in [-0.1, -0.05) is 6.07 Å². The van der Waals surface area contributed by atoms with Gasteiger partial charge in [0, 0.05) is 11.6 Å². The molecule has 2 aliphatic rings. The second kappa shape index (κ2) is 4.81. The molecule has 0 amide bonds. The zero-order valence-corrected chi connectivity index (χ0v) is 11.2. The van der Waals surface area contributed by atoms with E-state index in [0.29, 0.717) is 12.0 Å². The van der Waals surface area contributed by atoms with Gasteiger partial charge in [0.1, 0.15) is 0 Å². The van der Waals surface area contributed by atoms with Gasteiger partial charge in [-0.2, -0.15) is 0 Å². The van der Waals surface area contributed by atoms with Crippen LogP contribution in [0.1, 0.15) is 36.3 Å². The molecule has 0 unspecified atom stereocenters. The number of fused-ring (bicyclic) bond motifs is 3. The predicted octanol–water partition coefficient (Wildman–Crippen LogP) is 2.49. The Morgan fingerprint density at radius 3 is 2.83 bits per heavy atom. The minimum absolute atomic E-state index is 0.655. The molecular formula is C15H21NO2. The third kappa shape index (κ3) is 1.77. The van der Waals surface area contributed by atoms with E-state index in [0.717, 1.165) is 17.9 Å². The normalized spacial score (nSPS) is 26.1. The van der Waals surface area contributed by atoms with Gasteiger partial charge in [0.2, 0.25) is 0 Å². The Balaban J connectivity index is 2.04. The van der Waals surface area contributed by atoms with E-state index in [1.54, 1.807) is 14.2 Å². The fraction of sp³-hybridized carbons (Fsp3) is 0.600. The van der Waals surface area contributed by atoms with Gasteiger partial charge < -0.3 is 14.8 Å². The van der Waals surface area contributed by atoms with Crippen molar-refractivity contribution in [3.8, 4) is 11.5 Å². The standard InChI is InChI=1S/C15H21NO2/c1-17-14-8-6-10-11-4-3-9-16-13(11)7-5-12(10)15(14)18-2/h6,8,11,13,16H,3-5,7,9H2,1-2H3/t11-,13+/m0/s1. The maximum atomic E-state index is 5.57. The molecule has 3 nitrogen and oxygen atoms in total. The van der Waals surface area contributed by atoms with Crippen molar-refractivity contribution < 1.29 is 9.47 Å². The first-order valence-corrected chi connectivity index (χ1v) is 6.82. The first-order chi connectivity index (χ1) is 8.85. The predicted molar refractivity (Wildman–Crippen MR) is 71.6 cm³/mol.